The van der Waals surface area contributed by atoms with Gasteiger partial charge < -0.3 is 9.84 Å². The van der Waals surface area contributed by atoms with Crippen molar-refractivity contribution in [1.29, 1.82) is 0 Å². The van der Waals surface area contributed by atoms with E-state index in [9.17, 15) is 14.7 Å². The quantitative estimate of drug-likeness (QED) is 0.324. The van der Waals surface area contributed by atoms with E-state index >= 15 is 0 Å². The molecule has 1 amide bonds. The summed E-state index contributed by atoms with van der Waals surface area (Å²) in [5.74, 6) is -0.873. The maximum absolute atomic E-state index is 13.2. The van der Waals surface area contributed by atoms with Gasteiger partial charge in [-0.05, 0) is 54.8 Å². The van der Waals surface area contributed by atoms with Crippen LogP contribution in [0.5, 0.6) is 5.75 Å². The van der Waals surface area contributed by atoms with Crippen molar-refractivity contribution in [1.82, 2.24) is 0 Å². The molecule has 32 heavy (non-hydrogen) atoms. The Morgan fingerprint density at radius 1 is 0.938 bits per heavy atom. The number of carbonyl (C=O) groups excluding carboxylic acids is 2. The van der Waals surface area contributed by atoms with Gasteiger partial charge in [0.15, 0.2) is 0 Å². The normalized spacial score (nSPS) is 17.6. The predicted octanol–water partition coefficient (Wildman–Crippen LogP) is 5.41. The molecule has 0 radical (unpaired) electrons. The largest absolute Gasteiger partial charge is 0.507 e. The van der Waals surface area contributed by atoms with Crippen LogP contribution in [0.1, 0.15) is 36.1 Å². The van der Waals surface area contributed by atoms with Crippen molar-refractivity contribution < 1.29 is 19.4 Å². The van der Waals surface area contributed by atoms with Crippen LogP contribution in [0.15, 0.2) is 84.4 Å². The van der Waals surface area contributed by atoms with E-state index in [0.29, 0.717) is 23.6 Å². The Bertz CT molecular complexity index is 1170. The number of benzene rings is 3. The Labute approximate surface area is 187 Å². The number of amides is 1. The number of rotatable bonds is 6. The highest BCUT2D eigenvalue weighted by Gasteiger charge is 2.47. The second-order valence-corrected chi connectivity index (χ2v) is 7.74. The van der Waals surface area contributed by atoms with Crippen LogP contribution in [0.4, 0.5) is 5.69 Å². The number of aliphatic hydroxyl groups is 1. The average molecular weight is 428 g/mol. The van der Waals surface area contributed by atoms with E-state index in [4.69, 9.17) is 4.74 Å². The lowest BCUT2D eigenvalue weighted by Gasteiger charge is -2.26. The molecule has 1 aliphatic heterocycles. The molecule has 0 bridgehead atoms. The highest BCUT2D eigenvalue weighted by Crippen LogP contribution is 2.43. The molecule has 0 aliphatic carbocycles. The molecule has 1 heterocycles. The standard InChI is InChI=1S/C27H25NO4/c1-3-17-32-21-15-13-20(14-16-21)25(29)23-24(19-10-5-4-6-11-19)28(27(31)26(23)30)22-12-8-7-9-18(22)2/h4-16,24,29H,3,17H2,1-2H3/b25-23+. The lowest BCUT2D eigenvalue weighted by molar-refractivity contribution is -0.132. The second kappa shape index (κ2) is 9.10. The molecule has 1 unspecified atom stereocenters. The minimum Gasteiger partial charge on any atom is -0.507 e. The van der Waals surface area contributed by atoms with Gasteiger partial charge in [0.2, 0.25) is 0 Å². The van der Waals surface area contributed by atoms with Crippen molar-refractivity contribution in [3.8, 4) is 5.75 Å². The third kappa shape index (κ3) is 3.89. The minimum atomic E-state index is -0.728. The SMILES string of the molecule is CCCOc1ccc(/C(O)=C2\C(=O)C(=O)N(c3ccccc3C)C2c2ccccc2)cc1. The molecule has 3 aromatic rings. The van der Waals surface area contributed by atoms with E-state index in [0.717, 1.165) is 17.5 Å². The van der Waals surface area contributed by atoms with Crippen molar-refractivity contribution in [2.24, 2.45) is 0 Å². The van der Waals surface area contributed by atoms with Crippen molar-refractivity contribution in [2.75, 3.05) is 11.5 Å². The molecular formula is C27H25NO4. The van der Waals surface area contributed by atoms with Gasteiger partial charge in [0, 0.05) is 11.3 Å². The summed E-state index contributed by atoms with van der Waals surface area (Å²) in [6, 6.07) is 22.9. The van der Waals surface area contributed by atoms with Gasteiger partial charge in [0.05, 0.1) is 18.2 Å². The summed E-state index contributed by atoms with van der Waals surface area (Å²) in [4.78, 5) is 27.8. The first-order valence-electron chi connectivity index (χ1n) is 10.7. The smallest absolute Gasteiger partial charge is 0.300 e. The predicted molar refractivity (Wildman–Crippen MR) is 125 cm³/mol. The Morgan fingerprint density at radius 3 is 2.25 bits per heavy atom. The number of aryl methyl sites for hydroxylation is 1. The lowest BCUT2D eigenvalue weighted by atomic mass is 9.95. The van der Waals surface area contributed by atoms with Gasteiger partial charge in [0.1, 0.15) is 11.5 Å². The number of ketones is 1. The minimum absolute atomic E-state index is 0.0756. The lowest BCUT2D eigenvalue weighted by Crippen LogP contribution is -2.30. The summed E-state index contributed by atoms with van der Waals surface area (Å²) >= 11 is 0. The molecule has 3 aromatic carbocycles. The van der Waals surface area contributed by atoms with Crippen molar-refractivity contribution in [2.45, 2.75) is 26.3 Å². The summed E-state index contributed by atoms with van der Waals surface area (Å²) < 4.78 is 5.61. The monoisotopic (exact) mass is 427 g/mol. The Hall–Kier alpha value is -3.86. The van der Waals surface area contributed by atoms with E-state index in [-0.39, 0.29) is 11.3 Å². The van der Waals surface area contributed by atoms with Crippen LogP contribution < -0.4 is 9.64 Å². The number of anilines is 1. The van der Waals surface area contributed by atoms with Crippen LogP contribution in [0.25, 0.3) is 5.76 Å². The average Bonchev–Trinajstić information content (AvgIpc) is 3.09. The van der Waals surface area contributed by atoms with E-state index in [1.807, 2.05) is 68.4 Å². The summed E-state index contributed by atoms with van der Waals surface area (Å²) in [7, 11) is 0. The summed E-state index contributed by atoms with van der Waals surface area (Å²) in [5, 5.41) is 11.2. The summed E-state index contributed by atoms with van der Waals surface area (Å²) in [6.45, 7) is 4.52. The maximum Gasteiger partial charge on any atom is 0.300 e. The summed E-state index contributed by atoms with van der Waals surface area (Å²) in [6.07, 6.45) is 0.890. The van der Waals surface area contributed by atoms with Crippen LogP contribution in [0.3, 0.4) is 0 Å². The number of nitrogens with zero attached hydrogens (tertiary/aromatic N) is 1. The van der Waals surface area contributed by atoms with E-state index in [2.05, 4.69) is 0 Å². The number of hydrogen-bond donors (Lipinski definition) is 1. The fourth-order valence-corrected chi connectivity index (χ4v) is 3.95. The molecule has 162 valence electrons. The number of ether oxygens (including phenoxy) is 1. The van der Waals surface area contributed by atoms with Crippen LogP contribution in [0.2, 0.25) is 0 Å². The number of carbonyl (C=O) groups is 2. The highest BCUT2D eigenvalue weighted by molar-refractivity contribution is 6.51. The molecule has 1 fully saturated rings. The van der Waals surface area contributed by atoms with Gasteiger partial charge in [-0.2, -0.15) is 0 Å². The zero-order chi connectivity index (χ0) is 22.7. The van der Waals surface area contributed by atoms with Gasteiger partial charge in [-0.3, -0.25) is 14.5 Å². The van der Waals surface area contributed by atoms with Gasteiger partial charge in [0.25, 0.3) is 11.7 Å². The molecule has 5 heteroatoms. The number of Topliss-reactive ketones (excluding diaryl/α,β-unsaturated/α-hetero) is 1. The molecule has 1 aliphatic rings. The highest BCUT2D eigenvalue weighted by atomic mass is 16.5. The number of aliphatic hydroxyl groups excluding tert-OH is 1. The van der Waals surface area contributed by atoms with Crippen LogP contribution in [0, 0.1) is 6.92 Å². The van der Waals surface area contributed by atoms with Crippen LogP contribution >= 0.6 is 0 Å². The molecule has 1 saturated heterocycles. The third-order valence-electron chi connectivity index (χ3n) is 5.54. The molecule has 5 nitrogen and oxygen atoms in total. The van der Waals surface area contributed by atoms with Crippen molar-refractivity contribution >= 4 is 23.1 Å². The van der Waals surface area contributed by atoms with E-state index in [1.54, 1.807) is 24.3 Å². The topological polar surface area (TPSA) is 66.8 Å². The van der Waals surface area contributed by atoms with Gasteiger partial charge in [-0.25, -0.2) is 0 Å². The molecule has 0 saturated carbocycles. The molecule has 4 rings (SSSR count). The zero-order valence-corrected chi connectivity index (χ0v) is 18.1. The molecule has 1 atom stereocenters. The molecule has 1 N–H and O–H groups in total. The van der Waals surface area contributed by atoms with Crippen molar-refractivity contribution in [3.05, 3.63) is 101 Å². The van der Waals surface area contributed by atoms with Gasteiger partial charge >= 0.3 is 0 Å². The summed E-state index contributed by atoms with van der Waals surface area (Å²) in [5.41, 5.74) is 2.79. The van der Waals surface area contributed by atoms with Crippen molar-refractivity contribution in [3.63, 3.8) is 0 Å². The fraction of sp³-hybridized carbons (Fsp3) is 0.185. The molecule has 0 spiro atoms. The Kier molecular flexibility index (Phi) is 6.08. The van der Waals surface area contributed by atoms with Gasteiger partial charge in [-0.15, -0.1) is 0 Å². The molecular weight excluding hydrogens is 402 g/mol. The fourth-order valence-electron chi connectivity index (χ4n) is 3.95. The Balaban J connectivity index is 1.85. The van der Waals surface area contributed by atoms with Crippen LogP contribution in [-0.2, 0) is 9.59 Å². The first-order valence-corrected chi connectivity index (χ1v) is 10.7. The Morgan fingerprint density at radius 2 is 1.59 bits per heavy atom. The first kappa shape index (κ1) is 21.4. The zero-order valence-electron chi connectivity index (χ0n) is 18.1. The van der Waals surface area contributed by atoms with E-state index < -0.39 is 17.7 Å². The van der Waals surface area contributed by atoms with Crippen LogP contribution in [-0.4, -0.2) is 23.4 Å². The third-order valence-corrected chi connectivity index (χ3v) is 5.54. The maximum atomic E-state index is 13.2. The van der Waals surface area contributed by atoms with E-state index in [1.165, 1.54) is 4.90 Å². The molecule has 0 aromatic heterocycles. The second-order valence-electron chi connectivity index (χ2n) is 7.74. The number of para-hydroxylation sites is 1. The number of hydrogen-bond acceptors (Lipinski definition) is 4. The van der Waals surface area contributed by atoms with Gasteiger partial charge in [-0.1, -0.05) is 55.5 Å². The first-order chi connectivity index (χ1) is 15.5.